The summed E-state index contributed by atoms with van der Waals surface area (Å²) in [5, 5.41) is 11.9. The molecule has 0 aromatic heterocycles. The molecule has 2 N–H and O–H groups in total. The first-order chi connectivity index (χ1) is 12.8. The Morgan fingerprint density at radius 3 is 2.07 bits per heavy atom. The van der Waals surface area contributed by atoms with E-state index in [1.165, 1.54) is 52.5 Å². The molecule has 1 atom stereocenters. The topological polar surface area (TPSA) is 94.1 Å². The van der Waals surface area contributed by atoms with Gasteiger partial charge < -0.3 is 24.6 Å². The summed E-state index contributed by atoms with van der Waals surface area (Å²) in [5.74, 6) is -1.58. The number of benzene rings is 2. The monoisotopic (exact) mass is 377 g/mol. The average molecular weight is 377 g/mol. The number of aryl methyl sites for hydroxylation is 1. The number of carbonyl (C=O) groups excluding carboxylic acids is 1. The molecule has 7 nitrogen and oxygen atoms in total. The molecule has 2 aromatic rings. The highest BCUT2D eigenvalue weighted by atomic mass is 19.1. The summed E-state index contributed by atoms with van der Waals surface area (Å²) in [6, 6.07) is 5.32. The summed E-state index contributed by atoms with van der Waals surface area (Å²) in [4.78, 5) is 24.3. The van der Waals surface area contributed by atoms with Gasteiger partial charge in [-0.05, 0) is 36.2 Å². The van der Waals surface area contributed by atoms with Crippen LogP contribution >= 0.6 is 0 Å². The van der Waals surface area contributed by atoms with E-state index in [0.29, 0.717) is 5.75 Å². The van der Waals surface area contributed by atoms with Gasteiger partial charge in [0.15, 0.2) is 17.5 Å². The summed E-state index contributed by atoms with van der Waals surface area (Å²) in [6.07, 6.45) is 0. The predicted molar refractivity (Wildman–Crippen MR) is 95.1 cm³/mol. The van der Waals surface area contributed by atoms with Crippen molar-refractivity contribution in [3.63, 3.8) is 0 Å². The molecule has 144 valence electrons. The maximum atomic E-state index is 13.5. The number of hydrogen-bond donors (Lipinski definition) is 2. The van der Waals surface area contributed by atoms with E-state index in [4.69, 9.17) is 14.2 Å². The van der Waals surface area contributed by atoms with Crippen LogP contribution < -0.4 is 19.5 Å². The second-order valence-corrected chi connectivity index (χ2v) is 5.67. The highest BCUT2D eigenvalue weighted by Crippen LogP contribution is 2.38. The van der Waals surface area contributed by atoms with Crippen molar-refractivity contribution in [2.45, 2.75) is 13.0 Å². The van der Waals surface area contributed by atoms with Gasteiger partial charge in [-0.1, -0.05) is 12.1 Å². The average Bonchev–Trinajstić information content (AvgIpc) is 2.66. The highest BCUT2D eigenvalue weighted by molar-refractivity contribution is 5.98. The number of carbonyl (C=O) groups is 2. The quantitative estimate of drug-likeness (QED) is 0.771. The summed E-state index contributed by atoms with van der Waals surface area (Å²) in [6.45, 7) is 1.51. The Morgan fingerprint density at radius 2 is 1.63 bits per heavy atom. The molecule has 2 rings (SSSR count). The first-order valence-corrected chi connectivity index (χ1v) is 7.92. The number of ether oxygens (including phenoxy) is 3. The minimum atomic E-state index is -1.35. The molecule has 0 aliphatic rings. The fourth-order valence-corrected chi connectivity index (χ4v) is 2.56. The predicted octanol–water partition coefficient (Wildman–Crippen LogP) is 2.72. The van der Waals surface area contributed by atoms with Crippen molar-refractivity contribution in [2.75, 3.05) is 21.3 Å². The third-order valence-corrected chi connectivity index (χ3v) is 3.96. The standard InChI is InChI=1S/C19H20FNO6/c1-10-7-11(5-6-13(10)20)16(19(23)24)21-18(22)12-8-14(25-2)17(27-4)15(9-12)26-3/h5-9,16H,1-4H3,(H,21,22)(H,23,24). The lowest BCUT2D eigenvalue weighted by Gasteiger charge is -2.17. The van der Waals surface area contributed by atoms with Gasteiger partial charge in [0, 0.05) is 5.56 Å². The first-order valence-electron chi connectivity index (χ1n) is 7.92. The van der Waals surface area contributed by atoms with Crippen molar-refractivity contribution in [3.8, 4) is 17.2 Å². The van der Waals surface area contributed by atoms with Crippen molar-refractivity contribution < 1.29 is 33.3 Å². The molecule has 1 unspecified atom stereocenters. The molecular weight excluding hydrogens is 357 g/mol. The zero-order valence-electron chi connectivity index (χ0n) is 15.3. The van der Waals surface area contributed by atoms with Crippen LogP contribution in [-0.2, 0) is 4.79 Å². The Morgan fingerprint density at radius 1 is 1.04 bits per heavy atom. The van der Waals surface area contributed by atoms with Crippen molar-refractivity contribution in [3.05, 3.63) is 52.8 Å². The van der Waals surface area contributed by atoms with Gasteiger partial charge in [0.25, 0.3) is 5.91 Å². The van der Waals surface area contributed by atoms with Gasteiger partial charge in [0.2, 0.25) is 5.75 Å². The van der Waals surface area contributed by atoms with Gasteiger partial charge in [0.1, 0.15) is 5.82 Å². The van der Waals surface area contributed by atoms with Gasteiger partial charge >= 0.3 is 5.97 Å². The van der Waals surface area contributed by atoms with Crippen LogP contribution in [-0.4, -0.2) is 38.3 Å². The number of halogens is 1. The molecule has 0 aliphatic heterocycles. The number of rotatable bonds is 7. The molecule has 0 aliphatic carbocycles. The smallest absolute Gasteiger partial charge is 0.330 e. The van der Waals surface area contributed by atoms with Crippen LogP contribution in [0.4, 0.5) is 4.39 Å². The normalized spacial score (nSPS) is 11.4. The van der Waals surface area contributed by atoms with Crippen LogP contribution in [0, 0.1) is 12.7 Å². The van der Waals surface area contributed by atoms with Crippen LogP contribution in [0.2, 0.25) is 0 Å². The molecule has 0 saturated heterocycles. The van der Waals surface area contributed by atoms with Gasteiger partial charge in [-0.15, -0.1) is 0 Å². The van der Waals surface area contributed by atoms with Crippen LogP contribution in [0.15, 0.2) is 30.3 Å². The number of carboxylic acids is 1. The highest BCUT2D eigenvalue weighted by Gasteiger charge is 2.25. The molecule has 0 heterocycles. The van der Waals surface area contributed by atoms with Crippen LogP contribution in [0.1, 0.15) is 27.5 Å². The Balaban J connectivity index is 2.38. The summed E-state index contributed by atoms with van der Waals surface area (Å²) in [7, 11) is 4.23. The molecule has 0 saturated carbocycles. The van der Waals surface area contributed by atoms with Gasteiger partial charge in [-0.25, -0.2) is 9.18 Å². The third-order valence-electron chi connectivity index (χ3n) is 3.96. The van der Waals surface area contributed by atoms with Gasteiger partial charge in [-0.2, -0.15) is 0 Å². The fraction of sp³-hybridized carbons (Fsp3) is 0.263. The van der Waals surface area contributed by atoms with Gasteiger partial charge in [-0.3, -0.25) is 4.79 Å². The molecule has 27 heavy (non-hydrogen) atoms. The minimum absolute atomic E-state index is 0.120. The summed E-state index contributed by atoms with van der Waals surface area (Å²) >= 11 is 0. The van der Waals surface area contributed by atoms with E-state index >= 15 is 0 Å². The Hall–Kier alpha value is -3.29. The molecule has 0 fully saturated rings. The lowest BCUT2D eigenvalue weighted by atomic mass is 10.0. The van der Waals surface area contributed by atoms with Crippen molar-refractivity contribution >= 4 is 11.9 Å². The molecule has 2 aromatic carbocycles. The lowest BCUT2D eigenvalue weighted by molar-refractivity contribution is -0.139. The second kappa shape index (κ2) is 8.39. The fourth-order valence-electron chi connectivity index (χ4n) is 2.56. The first kappa shape index (κ1) is 20.0. The number of carboxylic acid groups (broad SMARTS) is 1. The second-order valence-electron chi connectivity index (χ2n) is 5.67. The maximum Gasteiger partial charge on any atom is 0.330 e. The molecule has 8 heteroatoms. The summed E-state index contributed by atoms with van der Waals surface area (Å²) in [5.41, 5.74) is 0.651. The van der Waals surface area contributed by atoms with E-state index in [1.54, 1.807) is 0 Å². The Kier molecular flexibility index (Phi) is 6.23. The van der Waals surface area contributed by atoms with E-state index in [0.717, 1.165) is 6.07 Å². The molecule has 0 radical (unpaired) electrons. The molecule has 1 amide bonds. The van der Waals surface area contributed by atoms with Crippen LogP contribution in [0.3, 0.4) is 0 Å². The van der Waals surface area contributed by atoms with Gasteiger partial charge in [0.05, 0.1) is 21.3 Å². The van der Waals surface area contributed by atoms with Crippen LogP contribution in [0.25, 0.3) is 0 Å². The zero-order chi connectivity index (χ0) is 20.1. The van der Waals surface area contributed by atoms with E-state index in [9.17, 15) is 19.1 Å². The number of hydrogen-bond acceptors (Lipinski definition) is 5. The Bertz CT molecular complexity index is 842. The van der Waals surface area contributed by atoms with E-state index < -0.39 is 23.7 Å². The van der Waals surface area contributed by atoms with E-state index in [1.807, 2.05) is 0 Å². The maximum absolute atomic E-state index is 13.5. The summed E-state index contributed by atoms with van der Waals surface area (Å²) < 4.78 is 29.0. The number of nitrogens with one attached hydrogen (secondary N) is 1. The lowest BCUT2D eigenvalue weighted by Crippen LogP contribution is -2.33. The van der Waals surface area contributed by atoms with E-state index in [2.05, 4.69) is 5.32 Å². The molecule has 0 spiro atoms. The number of amides is 1. The molecule has 0 bridgehead atoms. The van der Waals surface area contributed by atoms with Crippen molar-refractivity contribution in [2.24, 2.45) is 0 Å². The van der Waals surface area contributed by atoms with E-state index in [-0.39, 0.29) is 28.2 Å². The minimum Gasteiger partial charge on any atom is -0.493 e. The van der Waals surface area contributed by atoms with Crippen LogP contribution in [0.5, 0.6) is 17.2 Å². The number of aliphatic carboxylic acids is 1. The Labute approximate surface area is 155 Å². The van der Waals surface area contributed by atoms with Crippen molar-refractivity contribution in [1.29, 1.82) is 0 Å². The van der Waals surface area contributed by atoms with Crippen molar-refractivity contribution in [1.82, 2.24) is 5.32 Å². The number of methoxy groups -OCH3 is 3. The third kappa shape index (κ3) is 4.28. The zero-order valence-corrected chi connectivity index (χ0v) is 15.3. The SMILES string of the molecule is COc1cc(C(=O)NC(C(=O)O)c2ccc(F)c(C)c2)cc(OC)c1OC. The largest absolute Gasteiger partial charge is 0.493 e. The molecular formula is C19H20FNO6.